The molecule has 0 aliphatic heterocycles. The Bertz CT molecular complexity index is 1030. The van der Waals surface area contributed by atoms with Crippen LogP contribution in [0.4, 0.5) is 0 Å². The largest absolute Gasteiger partial charge is 0.497 e. The maximum Gasteiger partial charge on any atom is 0.258 e. The topological polar surface area (TPSA) is 57.5 Å². The lowest BCUT2D eigenvalue weighted by Crippen LogP contribution is -2.25. The molecule has 140 valence electrons. The van der Waals surface area contributed by atoms with E-state index in [9.17, 15) is 9.59 Å². The van der Waals surface area contributed by atoms with E-state index < -0.39 is 6.10 Å². The fourth-order valence-electron chi connectivity index (χ4n) is 3.40. The SMILES string of the molecule is CCOC(C=O)c1c(-c2ccc(OC)cc2)c2cc(C)ccc2c(=O)n1C. The first-order valence-electron chi connectivity index (χ1n) is 8.86. The van der Waals surface area contributed by atoms with Crippen LogP contribution in [0.2, 0.25) is 0 Å². The highest BCUT2D eigenvalue weighted by Crippen LogP contribution is 2.35. The number of aryl methyl sites for hydroxylation is 1. The van der Waals surface area contributed by atoms with Crippen LogP contribution in [-0.4, -0.2) is 24.6 Å². The number of nitrogens with zero attached hydrogens (tertiary/aromatic N) is 1. The van der Waals surface area contributed by atoms with Crippen LogP contribution in [0.25, 0.3) is 21.9 Å². The van der Waals surface area contributed by atoms with Gasteiger partial charge in [0.1, 0.15) is 5.75 Å². The van der Waals surface area contributed by atoms with Gasteiger partial charge in [0.15, 0.2) is 12.4 Å². The summed E-state index contributed by atoms with van der Waals surface area (Å²) in [7, 11) is 3.29. The van der Waals surface area contributed by atoms with Crippen LogP contribution in [-0.2, 0) is 16.6 Å². The molecule has 0 saturated carbocycles. The van der Waals surface area contributed by atoms with Crippen molar-refractivity contribution in [2.24, 2.45) is 7.05 Å². The summed E-state index contributed by atoms with van der Waals surface area (Å²) in [6.07, 6.45) is -0.0814. The molecular weight excluding hydrogens is 342 g/mol. The van der Waals surface area contributed by atoms with Crippen LogP contribution in [0.1, 0.15) is 24.3 Å². The molecule has 0 saturated heterocycles. The van der Waals surface area contributed by atoms with E-state index in [1.165, 1.54) is 4.57 Å². The summed E-state index contributed by atoms with van der Waals surface area (Å²) in [5.41, 5.74) is 3.16. The number of aromatic nitrogens is 1. The highest BCUT2D eigenvalue weighted by atomic mass is 16.5. The van der Waals surface area contributed by atoms with E-state index in [2.05, 4.69) is 0 Å². The van der Waals surface area contributed by atoms with E-state index in [-0.39, 0.29) is 5.56 Å². The van der Waals surface area contributed by atoms with Gasteiger partial charge >= 0.3 is 0 Å². The molecule has 0 aliphatic rings. The van der Waals surface area contributed by atoms with Crippen molar-refractivity contribution in [2.45, 2.75) is 20.0 Å². The molecule has 3 rings (SSSR count). The first-order valence-corrected chi connectivity index (χ1v) is 8.86. The summed E-state index contributed by atoms with van der Waals surface area (Å²) in [6.45, 7) is 4.17. The Balaban J connectivity index is 2.45. The summed E-state index contributed by atoms with van der Waals surface area (Å²) in [4.78, 5) is 24.7. The molecular formula is C22H23NO4. The Morgan fingerprint density at radius 2 is 1.81 bits per heavy atom. The molecule has 0 radical (unpaired) electrons. The van der Waals surface area contributed by atoms with Gasteiger partial charge in [0.2, 0.25) is 0 Å². The van der Waals surface area contributed by atoms with E-state index in [1.807, 2.05) is 56.3 Å². The van der Waals surface area contributed by atoms with Gasteiger partial charge in [0, 0.05) is 24.6 Å². The van der Waals surface area contributed by atoms with E-state index in [0.717, 1.165) is 34.1 Å². The fourth-order valence-corrected chi connectivity index (χ4v) is 3.40. The average molecular weight is 365 g/mol. The molecule has 1 aromatic heterocycles. The van der Waals surface area contributed by atoms with Crippen LogP contribution < -0.4 is 10.3 Å². The second-order valence-corrected chi connectivity index (χ2v) is 6.41. The smallest absolute Gasteiger partial charge is 0.258 e. The number of hydrogen-bond acceptors (Lipinski definition) is 4. The summed E-state index contributed by atoms with van der Waals surface area (Å²) in [6, 6.07) is 13.3. The summed E-state index contributed by atoms with van der Waals surface area (Å²) < 4.78 is 12.4. The molecule has 0 N–H and O–H groups in total. The second kappa shape index (κ2) is 7.76. The van der Waals surface area contributed by atoms with Crippen molar-refractivity contribution < 1.29 is 14.3 Å². The first kappa shape index (κ1) is 18.9. The lowest BCUT2D eigenvalue weighted by atomic mass is 9.93. The lowest BCUT2D eigenvalue weighted by molar-refractivity contribution is -0.118. The van der Waals surface area contributed by atoms with Gasteiger partial charge in [-0.1, -0.05) is 29.8 Å². The van der Waals surface area contributed by atoms with Gasteiger partial charge < -0.3 is 18.8 Å². The lowest BCUT2D eigenvalue weighted by Gasteiger charge is -2.22. The van der Waals surface area contributed by atoms with E-state index in [4.69, 9.17) is 9.47 Å². The quantitative estimate of drug-likeness (QED) is 0.624. The number of hydrogen-bond donors (Lipinski definition) is 0. The molecule has 0 aliphatic carbocycles. The molecule has 27 heavy (non-hydrogen) atoms. The maximum absolute atomic E-state index is 12.9. The van der Waals surface area contributed by atoms with Gasteiger partial charge in [-0.3, -0.25) is 4.79 Å². The van der Waals surface area contributed by atoms with Gasteiger partial charge in [-0.15, -0.1) is 0 Å². The molecule has 3 aromatic rings. The number of carbonyl (C=O) groups is 1. The van der Waals surface area contributed by atoms with Crippen molar-refractivity contribution in [3.63, 3.8) is 0 Å². The maximum atomic E-state index is 12.9. The average Bonchev–Trinajstić information content (AvgIpc) is 2.69. The highest BCUT2D eigenvalue weighted by Gasteiger charge is 2.23. The fraction of sp³-hybridized carbons (Fsp3) is 0.273. The predicted octanol–water partition coefficient (Wildman–Crippen LogP) is 3.80. The summed E-state index contributed by atoms with van der Waals surface area (Å²) in [5, 5.41) is 1.42. The molecule has 2 aromatic carbocycles. The molecule has 5 nitrogen and oxygen atoms in total. The van der Waals surface area contributed by atoms with E-state index in [1.54, 1.807) is 14.2 Å². The molecule has 1 unspecified atom stereocenters. The molecule has 0 bridgehead atoms. The van der Waals surface area contributed by atoms with E-state index in [0.29, 0.717) is 17.7 Å². The van der Waals surface area contributed by atoms with Crippen molar-refractivity contribution in [2.75, 3.05) is 13.7 Å². The highest BCUT2D eigenvalue weighted by molar-refractivity contribution is 5.98. The molecule has 0 amide bonds. The van der Waals surface area contributed by atoms with Gasteiger partial charge in [0.25, 0.3) is 5.56 Å². The minimum atomic E-state index is -0.824. The minimum Gasteiger partial charge on any atom is -0.497 e. The number of benzene rings is 2. The Morgan fingerprint density at radius 1 is 1.11 bits per heavy atom. The minimum absolute atomic E-state index is 0.149. The van der Waals surface area contributed by atoms with Gasteiger partial charge in [-0.05, 0) is 43.0 Å². The van der Waals surface area contributed by atoms with Crippen molar-refractivity contribution >= 4 is 17.1 Å². The predicted molar refractivity (Wildman–Crippen MR) is 106 cm³/mol. The molecule has 1 atom stereocenters. The van der Waals surface area contributed by atoms with Crippen LogP contribution in [0, 0.1) is 6.92 Å². The van der Waals surface area contributed by atoms with E-state index >= 15 is 0 Å². The van der Waals surface area contributed by atoms with Crippen LogP contribution in [0.3, 0.4) is 0 Å². The Morgan fingerprint density at radius 3 is 2.41 bits per heavy atom. The number of aldehydes is 1. The van der Waals surface area contributed by atoms with Gasteiger partial charge in [-0.2, -0.15) is 0 Å². The molecule has 1 heterocycles. The number of ether oxygens (including phenoxy) is 2. The van der Waals surface area contributed by atoms with Crippen LogP contribution in [0.5, 0.6) is 5.75 Å². The number of carbonyl (C=O) groups excluding carboxylic acids is 1. The zero-order valence-electron chi connectivity index (χ0n) is 16.0. The molecule has 5 heteroatoms. The van der Waals surface area contributed by atoms with Gasteiger partial charge in [0.05, 0.1) is 12.8 Å². The normalized spacial score (nSPS) is 12.1. The van der Waals surface area contributed by atoms with Crippen molar-refractivity contribution in [1.82, 2.24) is 4.57 Å². The third-order valence-electron chi connectivity index (χ3n) is 4.71. The number of pyridine rings is 1. The van der Waals surface area contributed by atoms with Crippen molar-refractivity contribution in [3.8, 4) is 16.9 Å². The Labute approximate surface area is 158 Å². The zero-order valence-corrected chi connectivity index (χ0v) is 16.0. The van der Waals surface area contributed by atoms with Crippen molar-refractivity contribution in [1.29, 1.82) is 0 Å². The number of rotatable bonds is 6. The van der Waals surface area contributed by atoms with Crippen LogP contribution >= 0.6 is 0 Å². The zero-order chi connectivity index (χ0) is 19.6. The number of methoxy groups -OCH3 is 1. The standard InChI is InChI=1S/C22H23NO4/c1-5-27-19(13-24)21-20(15-7-9-16(26-4)10-8-15)18-12-14(2)6-11-17(18)22(25)23(21)3/h6-13,19H,5H2,1-4H3. The van der Waals surface area contributed by atoms with Gasteiger partial charge in [-0.25, -0.2) is 0 Å². The Kier molecular flexibility index (Phi) is 5.42. The second-order valence-electron chi connectivity index (χ2n) is 6.41. The number of fused-ring (bicyclic) bond motifs is 1. The monoisotopic (exact) mass is 365 g/mol. The summed E-state index contributed by atoms with van der Waals surface area (Å²) in [5.74, 6) is 0.738. The molecule has 0 spiro atoms. The first-order chi connectivity index (χ1) is 13.0. The third-order valence-corrected chi connectivity index (χ3v) is 4.71. The van der Waals surface area contributed by atoms with Crippen LogP contribution in [0.15, 0.2) is 47.3 Å². The molecule has 0 fully saturated rings. The summed E-state index contributed by atoms with van der Waals surface area (Å²) >= 11 is 0. The Hall–Kier alpha value is -2.92. The third kappa shape index (κ3) is 3.38. The van der Waals surface area contributed by atoms with Crippen molar-refractivity contribution in [3.05, 3.63) is 64.1 Å².